The second-order valence-corrected chi connectivity index (χ2v) is 3.37. The fraction of sp³-hybridized carbons (Fsp3) is 0.500. The molecule has 0 radical (unpaired) electrons. The second kappa shape index (κ2) is 4.81. The van der Waals surface area contributed by atoms with Crippen LogP contribution >= 0.6 is 0 Å². The molecule has 0 aromatic carbocycles. The minimum Gasteiger partial charge on any atom is -0.347 e. The molecule has 4 heteroatoms. The van der Waals surface area contributed by atoms with Crippen LogP contribution in [0.2, 0.25) is 0 Å². The summed E-state index contributed by atoms with van der Waals surface area (Å²) in [7, 11) is 3.66. The first-order valence-corrected chi connectivity index (χ1v) is 4.73. The number of rotatable bonds is 4. The maximum atomic E-state index is 11.8. The Hall–Kier alpha value is -1.29. The van der Waals surface area contributed by atoms with E-state index in [0.29, 0.717) is 18.8 Å². The topological polar surface area (TPSA) is 51.3 Å². The van der Waals surface area contributed by atoms with Gasteiger partial charge in [0.15, 0.2) is 0 Å². The van der Waals surface area contributed by atoms with Crippen molar-refractivity contribution in [3.8, 4) is 0 Å². The molecule has 1 amide bonds. The number of nitrogens with two attached hydrogens (primary N) is 1. The van der Waals surface area contributed by atoms with Crippen molar-refractivity contribution in [3.63, 3.8) is 0 Å². The highest BCUT2D eigenvalue weighted by Gasteiger charge is 2.12. The molecule has 1 aromatic heterocycles. The van der Waals surface area contributed by atoms with E-state index in [1.807, 2.05) is 29.9 Å². The van der Waals surface area contributed by atoms with Gasteiger partial charge in [-0.2, -0.15) is 0 Å². The summed E-state index contributed by atoms with van der Waals surface area (Å²) in [5.41, 5.74) is 6.09. The predicted octanol–water partition coefficient (Wildman–Crippen LogP) is 0.446. The number of amides is 1. The Balaban J connectivity index is 2.61. The molecule has 0 unspecified atom stereocenters. The summed E-state index contributed by atoms with van der Waals surface area (Å²) in [4.78, 5) is 13.5. The van der Waals surface area contributed by atoms with Gasteiger partial charge in [-0.1, -0.05) is 0 Å². The third-order valence-electron chi connectivity index (χ3n) is 2.21. The molecule has 0 atom stereocenters. The van der Waals surface area contributed by atoms with E-state index < -0.39 is 0 Å². The van der Waals surface area contributed by atoms with Crippen LogP contribution in [-0.4, -0.2) is 35.5 Å². The Kier molecular flexibility index (Phi) is 3.71. The van der Waals surface area contributed by atoms with Crippen molar-refractivity contribution in [1.29, 1.82) is 0 Å². The van der Waals surface area contributed by atoms with Crippen LogP contribution in [0.4, 0.5) is 0 Å². The molecule has 14 heavy (non-hydrogen) atoms. The number of nitrogens with zero attached hydrogens (tertiary/aromatic N) is 2. The van der Waals surface area contributed by atoms with Gasteiger partial charge in [0.1, 0.15) is 5.69 Å². The number of hydrogen-bond acceptors (Lipinski definition) is 2. The average Bonchev–Trinajstić information content (AvgIpc) is 2.59. The number of carbonyl (C=O) groups is 1. The first kappa shape index (κ1) is 10.8. The van der Waals surface area contributed by atoms with E-state index in [1.165, 1.54) is 0 Å². The quantitative estimate of drug-likeness (QED) is 0.758. The van der Waals surface area contributed by atoms with Crippen molar-refractivity contribution in [2.75, 3.05) is 20.1 Å². The van der Waals surface area contributed by atoms with Gasteiger partial charge in [0.2, 0.25) is 0 Å². The highest BCUT2D eigenvalue weighted by atomic mass is 16.2. The molecular formula is C10H17N3O. The largest absolute Gasteiger partial charge is 0.347 e. The van der Waals surface area contributed by atoms with Crippen molar-refractivity contribution >= 4 is 5.91 Å². The molecule has 0 spiro atoms. The lowest BCUT2D eigenvalue weighted by atomic mass is 10.3. The Morgan fingerprint density at radius 2 is 2.36 bits per heavy atom. The summed E-state index contributed by atoms with van der Waals surface area (Å²) in [5, 5.41) is 0. The Morgan fingerprint density at radius 3 is 2.86 bits per heavy atom. The van der Waals surface area contributed by atoms with Gasteiger partial charge < -0.3 is 15.2 Å². The van der Waals surface area contributed by atoms with Crippen molar-refractivity contribution < 1.29 is 4.79 Å². The number of aryl methyl sites for hydroxylation is 1. The van der Waals surface area contributed by atoms with Gasteiger partial charge in [-0.05, 0) is 25.1 Å². The molecule has 0 aliphatic carbocycles. The molecule has 78 valence electrons. The van der Waals surface area contributed by atoms with Crippen molar-refractivity contribution in [1.82, 2.24) is 9.47 Å². The maximum Gasteiger partial charge on any atom is 0.270 e. The lowest BCUT2D eigenvalue weighted by Crippen LogP contribution is -2.30. The summed E-state index contributed by atoms with van der Waals surface area (Å²) in [6, 6.07) is 3.69. The zero-order chi connectivity index (χ0) is 10.6. The molecule has 2 N–H and O–H groups in total. The Morgan fingerprint density at radius 1 is 1.64 bits per heavy atom. The van der Waals surface area contributed by atoms with E-state index in [2.05, 4.69) is 0 Å². The van der Waals surface area contributed by atoms with Gasteiger partial charge in [0.05, 0.1) is 0 Å². The molecule has 0 saturated carbocycles. The summed E-state index contributed by atoms with van der Waals surface area (Å²) >= 11 is 0. The highest BCUT2D eigenvalue weighted by molar-refractivity contribution is 5.92. The zero-order valence-corrected chi connectivity index (χ0v) is 8.73. The van der Waals surface area contributed by atoms with Gasteiger partial charge in [-0.3, -0.25) is 4.79 Å². The van der Waals surface area contributed by atoms with E-state index in [0.717, 1.165) is 6.42 Å². The number of aromatic nitrogens is 1. The molecular weight excluding hydrogens is 178 g/mol. The SMILES string of the molecule is CN(CCCN)C(=O)c1cccn1C. The highest BCUT2D eigenvalue weighted by Crippen LogP contribution is 2.03. The van der Waals surface area contributed by atoms with Gasteiger partial charge >= 0.3 is 0 Å². The van der Waals surface area contributed by atoms with E-state index in [9.17, 15) is 4.79 Å². The standard InChI is InChI=1S/C10H17N3O/c1-12-7-3-5-9(12)10(14)13(2)8-4-6-11/h3,5,7H,4,6,8,11H2,1-2H3. The monoisotopic (exact) mass is 195 g/mol. The lowest BCUT2D eigenvalue weighted by Gasteiger charge is -2.16. The van der Waals surface area contributed by atoms with Crippen LogP contribution in [0, 0.1) is 0 Å². The van der Waals surface area contributed by atoms with Gasteiger partial charge in [0, 0.05) is 26.8 Å². The molecule has 1 aromatic rings. The molecule has 0 saturated heterocycles. The van der Waals surface area contributed by atoms with E-state index in [4.69, 9.17) is 5.73 Å². The van der Waals surface area contributed by atoms with Crippen LogP contribution in [0.25, 0.3) is 0 Å². The summed E-state index contributed by atoms with van der Waals surface area (Å²) < 4.78 is 1.82. The molecule has 1 heterocycles. The van der Waals surface area contributed by atoms with Gasteiger partial charge in [-0.25, -0.2) is 0 Å². The molecule has 4 nitrogen and oxygen atoms in total. The molecule has 0 aliphatic rings. The van der Waals surface area contributed by atoms with Crippen LogP contribution in [-0.2, 0) is 7.05 Å². The first-order chi connectivity index (χ1) is 6.66. The van der Waals surface area contributed by atoms with Crippen molar-refractivity contribution in [2.45, 2.75) is 6.42 Å². The molecule has 0 fully saturated rings. The van der Waals surface area contributed by atoms with Crippen molar-refractivity contribution in [3.05, 3.63) is 24.0 Å². The maximum absolute atomic E-state index is 11.8. The zero-order valence-electron chi connectivity index (χ0n) is 8.73. The van der Waals surface area contributed by atoms with Crippen LogP contribution in [0.3, 0.4) is 0 Å². The number of hydrogen-bond donors (Lipinski definition) is 1. The Bertz CT molecular complexity index is 306. The van der Waals surface area contributed by atoms with Crippen LogP contribution in [0.15, 0.2) is 18.3 Å². The third-order valence-corrected chi connectivity index (χ3v) is 2.21. The minimum atomic E-state index is 0.0472. The van der Waals surface area contributed by atoms with Crippen LogP contribution in [0.5, 0.6) is 0 Å². The van der Waals surface area contributed by atoms with E-state index >= 15 is 0 Å². The smallest absolute Gasteiger partial charge is 0.270 e. The summed E-state index contributed by atoms with van der Waals surface area (Å²) in [6.07, 6.45) is 2.71. The van der Waals surface area contributed by atoms with E-state index in [-0.39, 0.29) is 5.91 Å². The summed E-state index contributed by atoms with van der Waals surface area (Å²) in [5.74, 6) is 0.0472. The van der Waals surface area contributed by atoms with Gasteiger partial charge in [0.25, 0.3) is 5.91 Å². The van der Waals surface area contributed by atoms with Crippen LogP contribution in [0.1, 0.15) is 16.9 Å². The predicted molar refractivity (Wildman–Crippen MR) is 56.0 cm³/mol. The Labute approximate surface area is 84.3 Å². The lowest BCUT2D eigenvalue weighted by molar-refractivity contribution is 0.0785. The second-order valence-electron chi connectivity index (χ2n) is 3.37. The van der Waals surface area contributed by atoms with Crippen LogP contribution < -0.4 is 5.73 Å². The molecule has 0 bridgehead atoms. The fourth-order valence-corrected chi connectivity index (χ4v) is 1.31. The molecule has 1 rings (SSSR count). The van der Waals surface area contributed by atoms with Crippen molar-refractivity contribution in [2.24, 2.45) is 12.8 Å². The van der Waals surface area contributed by atoms with E-state index in [1.54, 1.807) is 11.9 Å². The average molecular weight is 195 g/mol. The number of carbonyl (C=O) groups excluding carboxylic acids is 1. The summed E-state index contributed by atoms with van der Waals surface area (Å²) in [6.45, 7) is 1.32. The van der Waals surface area contributed by atoms with Gasteiger partial charge in [-0.15, -0.1) is 0 Å². The normalized spacial score (nSPS) is 10.2. The molecule has 0 aliphatic heterocycles. The minimum absolute atomic E-state index is 0.0472. The third kappa shape index (κ3) is 2.35. The first-order valence-electron chi connectivity index (χ1n) is 4.73. The fourth-order valence-electron chi connectivity index (χ4n) is 1.31.